The van der Waals surface area contributed by atoms with Crippen LogP contribution >= 0.6 is 11.3 Å². The molecule has 0 aliphatic carbocycles. The topological polar surface area (TPSA) is 63.4 Å². The normalized spacial score (nSPS) is 15.5. The van der Waals surface area contributed by atoms with E-state index in [0.29, 0.717) is 24.4 Å². The van der Waals surface area contributed by atoms with E-state index in [0.717, 1.165) is 35.4 Å². The monoisotopic (exact) mass is 368 g/mol. The van der Waals surface area contributed by atoms with Crippen LogP contribution in [0.3, 0.4) is 0 Å². The molecule has 1 aromatic carbocycles. The van der Waals surface area contributed by atoms with Crippen molar-refractivity contribution in [1.29, 1.82) is 0 Å². The SMILES string of the molecule is CC(=O)c1cc(CC(=O)N2CCC(c3nc4ccccc4o3)CC2)cs1. The highest BCUT2D eigenvalue weighted by atomic mass is 32.1. The summed E-state index contributed by atoms with van der Waals surface area (Å²) in [4.78, 5) is 31.1. The third kappa shape index (κ3) is 3.42. The second kappa shape index (κ2) is 7.03. The van der Waals surface area contributed by atoms with Gasteiger partial charge in [-0.3, -0.25) is 9.59 Å². The number of nitrogens with zero attached hydrogens (tertiary/aromatic N) is 2. The van der Waals surface area contributed by atoms with E-state index in [4.69, 9.17) is 4.42 Å². The van der Waals surface area contributed by atoms with Crippen molar-refractivity contribution in [3.8, 4) is 0 Å². The lowest BCUT2D eigenvalue weighted by molar-refractivity contribution is -0.131. The van der Waals surface area contributed by atoms with Gasteiger partial charge < -0.3 is 9.32 Å². The number of para-hydroxylation sites is 2. The number of oxazole rings is 1. The predicted molar refractivity (Wildman–Crippen MR) is 101 cm³/mol. The first-order valence-electron chi connectivity index (χ1n) is 8.82. The van der Waals surface area contributed by atoms with Gasteiger partial charge in [-0.15, -0.1) is 11.3 Å². The van der Waals surface area contributed by atoms with E-state index in [1.807, 2.05) is 40.6 Å². The van der Waals surface area contributed by atoms with E-state index in [1.54, 1.807) is 6.92 Å². The molecule has 2 aromatic heterocycles. The first kappa shape index (κ1) is 17.0. The molecule has 134 valence electrons. The van der Waals surface area contributed by atoms with Crippen molar-refractivity contribution in [3.63, 3.8) is 0 Å². The Morgan fingerprint density at radius 3 is 2.73 bits per heavy atom. The van der Waals surface area contributed by atoms with Crippen molar-refractivity contribution in [2.24, 2.45) is 0 Å². The Morgan fingerprint density at radius 2 is 2.04 bits per heavy atom. The lowest BCUT2D eigenvalue weighted by atomic mass is 9.96. The minimum atomic E-state index is 0.0489. The fraction of sp³-hybridized carbons (Fsp3) is 0.350. The summed E-state index contributed by atoms with van der Waals surface area (Å²) in [6.07, 6.45) is 2.08. The van der Waals surface area contributed by atoms with Crippen LogP contribution in [0, 0.1) is 0 Å². The molecule has 1 saturated heterocycles. The van der Waals surface area contributed by atoms with Gasteiger partial charge in [0.05, 0.1) is 11.3 Å². The van der Waals surface area contributed by atoms with Crippen LogP contribution in [0.15, 0.2) is 40.1 Å². The van der Waals surface area contributed by atoms with Crippen LogP contribution in [0.2, 0.25) is 0 Å². The Balaban J connectivity index is 1.36. The standard InChI is InChI=1S/C20H20N2O3S/c1-13(23)18-10-14(12-26-18)11-19(24)22-8-6-15(7-9-22)20-21-16-4-2-3-5-17(16)25-20/h2-5,10,12,15H,6-9,11H2,1H3. The Morgan fingerprint density at radius 1 is 1.27 bits per heavy atom. The molecule has 1 aliphatic heterocycles. The number of Topliss-reactive ketones (excluding diaryl/α,β-unsaturated/α-hetero) is 1. The second-order valence-corrected chi connectivity index (χ2v) is 7.64. The van der Waals surface area contributed by atoms with Gasteiger partial charge in [0.1, 0.15) is 5.52 Å². The van der Waals surface area contributed by atoms with Crippen molar-refractivity contribution >= 4 is 34.1 Å². The number of hydrogen-bond donors (Lipinski definition) is 0. The van der Waals surface area contributed by atoms with E-state index >= 15 is 0 Å². The van der Waals surface area contributed by atoms with E-state index in [1.165, 1.54) is 11.3 Å². The van der Waals surface area contributed by atoms with E-state index in [-0.39, 0.29) is 17.6 Å². The Hall–Kier alpha value is -2.47. The van der Waals surface area contributed by atoms with Gasteiger partial charge in [-0.25, -0.2) is 4.98 Å². The lowest BCUT2D eigenvalue weighted by Crippen LogP contribution is -2.38. The molecule has 0 radical (unpaired) electrons. The summed E-state index contributed by atoms with van der Waals surface area (Å²) in [7, 11) is 0. The molecule has 1 amide bonds. The van der Waals surface area contributed by atoms with Crippen LogP contribution < -0.4 is 0 Å². The number of aromatic nitrogens is 1. The highest BCUT2D eigenvalue weighted by molar-refractivity contribution is 7.12. The van der Waals surface area contributed by atoms with Crippen molar-refractivity contribution in [2.75, 3.05) is 13.1 Å². The van der Waals surface area contributed by atoms with Crippen molar-refractivity contribution in [3.05, 3.63) is 52.0 Å². The Bertz CT molecular complexity index is 918. The molecule has 0 saturated carbocycles. The van der Waals surface area contributed by atoms with Crippen molar-refractivity contribution in [1.82, 2.24) is 9.88 Å². The van der Waals surface area contributed by atoms with Gasteiger partial charge in [0.25, 0.3) is 0 Å². The Kier molecular flexibility index (Phi) is 4.59. The highest BCUT2D eigenvalue weighted by Crippen LogP contribution is 2.30. The van der Waals surface area contributed by atoms with Gasteiger partial charge in [0.15, 0.2) is 17.3 Å². The quantitative estimate of drug-likeness (QED) is 0.652. The maximum absolute atomic E-state index is 12.5. The number of fused-ring (bicyclic) bond motifs is 1. The number of thiophene rings is 1. The number of likely N-dealkylation sites (tertiary alicyclic amines) is 1. The molecular weight excluding hydrogens is 348 g/mol. The maximum atomic E-state index is 12.5. The first-order valence-corrected chi connectivity index (χ1v) is 9.69. The predicted octanol–water partition coefficient (Wildman–Crippen LogP) is 4.04. The second-order valence-electron chi connectivity index (χ2n) is 6.73. The minimum Gasteiger partial charge on any atom is -0.440 e. The third-order valence-corrected chi connectivity index (χ3v) is 5.94. The largest absolute Gasteiger partial charge is 0.440 e. The number of hydrogen-bond acceptors (Lipinski definition) is 5. The number of carbonyl (C=O) groups is 2. The summed E-state index contributed by atoms with van der Waals surface area (Å²) in [5.74, 6) is 1.21. The highest BCUT2D eigenvalue weighted by Gasteiger charge is 2.27. The van der Waals surface area contributed by atoms with Crippen LogP contribution in [0.1, 0.15) is 46.8 Å². The number of benzene rings is 1. The number of amides is 1. The third-order valence-electron chi connectivity index (χ3n) is 4.86. The number of carbonyl (C=O) groups excluding carboxylic acids is 2. The summed E-state index contributed by atoms with van der Waals surface area (Å²) < 4.78 is 5.88. The van der Waals surface area contributed by atoms with Crippen molar-refractivity contribution < 1.29 is 14.0 Å². The zero-order valence-corrected chi connectivity index (χ0v) is 15.4. The molecule has 0 unspecified atom stereocenters. The van der Waals surface area contributed by atoms with Gasteiger partial charge in [-0.2, -0.15) is 0 Å². The van der Waals surface area contributed by atoms with Crippen LogP contribution in [0.5, 0.6) is 0 Å². The molecular formula is C20H20N2O3S. The zero-order chi connectivity index (χ0) is 18.1. The molecule has 0 bridgehead atoms. The molecule has 1 aliphatic rings. The van der Waals surface area contributed by atoms with Crippen LogP contribution in [-0.4, -0.2) is 34.7 Å². The van der Waals surface area contributed by atoms with Crippen LogP contribution in [0.4, 0.5) is 0 Å². The molecule has 0 N–H and O–H groups in total. The molecule has 3 heterocycles. The van der Waals surface area contributed by atoms with Crippen LogP contribution in [0.25, 0.3) is 11.1 Å². The smallest absolute Gasteiger partial charge is 0.227 e. The zero-order valence-electron chi connectivity index (χ0n) is 14.6. The van der Waals surface area contributed by atoms with E-state index in [9.17, 15) is 9.59 Å². The molecule has 4 rings (SSSR count). The molecule has 1 fully saturated rings. The molecule has 3 aromatic rings. The number of ketones is 1. The maximum Gasteiger partial charge on any atom is 0.227 e. The molecule has 0 atom stereocenters. The molecule has 5 nitrogen and oxygen atoms in total. The molecule has 26 heavy (non-hydrogen) atoms. The first-order chi connectivity index (χ1) is 12.6. The fourth-order valence-corrected chi connectivity index (χ4v) is 4.19. The summed E-state index contributed by atoms with van der Waals surface area (Å²) >= 11 is 1.40. The van der Waals surface area contributed by atoms with Crippen LogP contribution in [-0.2, 0) is 11.2 Å². The van der Waals surface area contributed by atoms with Gasteiger partial charge in [0.2, 0.25) is 5.91 Å². The van der Waals surface area contributed by atoms with E-state index in [2.05, 4.69) is 4.98 Å². The molecule has 6 heteroatoms. The average molecular weight is 368 g/mol. The summed E-state index contributed by atoms with van der Waals surface area (Å²) in [5, 5.41) is 1.90. The Labute approximate surface area is 155 Å². The lowest BCUT2D eigenvalue weighted by Gasteiger charge is -2.30. The summed E-state index contributed by atoms with van der Waals surface area (Å²) in [5.41, 5.74) is 2.63. The molecule has 0 spiro atoms. The number of piperidine rings is 1. The minimum absolute atomic E-state index is 0.0489. The van der Waals surface area contributed by atoms with Gasteiger partial charge in [0, 0.05) is 19.0 Å². The summed E-state index contributed by atoms with van der Waals surface area (Å²) in [6.45, 7) is 2.98. The average Bonchev–Trinajstić information content (AvgIpc) is 3.28. The van der Waals surface area contributed by atoms with E-state index < -0.39 is 0 Å². The number of rotatable bonds is 4. The summed E-state index contributed by atoms with van der Waals surface area (Å²) in [6, 6.07) is 9.62. The van der Waals surface area contributed by atoms with Gasteiger partial charge in [-0.1, -0.05) is 12.1 Å². The van der Waals surface area contributed by atoms with Gasteiger partial charge in [-0.05, 0) is 48.9 Å². The van der Waals surface area contributed by atoms with Crippen molar-refractivity contribution in [2.45, 2.75) is 32.1 Å². The van der Waals surface area contributed by atoms with Gasteiger partial charge >= 0.3 is 0 Å². The fourth-order valence-electron chi connectivity index (χ4n) is 3.38.